The lowest BCUT2D eigenvalue weighted by Gasteiger charge is -2.40. The van der Waals surface area contributed by atoms with E-state index in [0.29, 0.717) is 24.1 Å². The lowest BCUT2D eigenvalue weighted by atomic mass is 9.63. The van der Waals surface area contributed by atoms with Crippen LogP contribution in [-0.2, 0) is 10.2 Å². The van der Waals surface area contributed by atoms with Crippen molar-refractivity contribution < 1.29 is 9.18 Å². The molecular weight excluding hydrogens is 293 g/mol. The van der Waals surface area contributed by atoms with E-state index in [1.165, 1.54) is 6.07 Å². The summed E-state index contributed by atoms with van der Waals surface area (Å²) in [4.78, 5) is 20.0. The number of carbonyl (C=O) groups is 1. The number of nitrogens with one attached hydrogen (secondary N) is 2. The van der Waals surface area contributed by atoms with Gasteiger partial charge in [0.2, 0.25) is 5.91 Å². The Hall–Kier alpha value is -2.69. The van der Waals surface area contributed by atoms with E-state index in [4.69, 9.17) is 0 Å². The Morgan fingerprint density at radius 3 is 2.78 bits per heavy atom. The Bertz CT molecular complexity index is 883. The van der Waals surface area contributed by atoms with Crippen LogP contribution >= 0.6 is 0 Å². The van der Waals surface area contributed by atoms with Crippen LogP contribution in [0.5, 0.6) is 0 Å². The minimum atomic E-state index is -0.756. The number of H-pyrrole nitrogens is 1. The van der Waals surface area contributed by atoms with Crippen LogP contribution in [0.1, 0.15) is 24.8 Å². The summed E-state index contributed by atoms with van der Waals surface area (Å²) in [6, 6.07) is 12.1. The van der Waals surface area contributed by atoms with Crippen molar-refractivity contribution in [3.63, 3.8) is 0 Å². The zero-order valence-electron chi connectivity index (χ0n) is 12.5. The first-order valence-electron chi connectivity index (χ1n) is 7.69. The molecule has 0 saturated heterocycles. The second-order valence-corrected chi connectivity index (χ2v) is 6.00. The minimum Gasteiger partial charge on any atom is -0.345 e. The van der Waals surface area contributed by atoms with Gasteiger partial charge in [0.25, 0.3) is 0 Å². The number of rotatable bonds is 3. The third kappa shape index (κ3) is 2.20. The first kappa shape index (κ1) is 13.9. The number of hydrogen-bond donors (Lipinski definition) is 2. The van der Waals surface area contributed by atoms with Gasteiger partial charge in [-0.3, -0.25) is 4.79 Å². The molecule has 2 N–H and O–H groups in total. The molecule has 4 rings (SSSR count). The Balaban J connectivity index is 1.65. The number of benzene rings is 2. The third-order valence-electron chi connectivity index (χ3n) is 4.71. The van der Waals surface area contributed by atoms with E-state index < -0.39 is 5.41 Å². The molecule has 1 aromatic heterocycles. The highest BCUT2D eigenvalue weighted by molar-refractivity contribution is 6.01. The lowest BCUT2D eigenvalue weighted by molar-refractivity contribution is -0.124. The van der Waals surface area contributed by atoms with Crippen LogP contribution in [0.25, 0.3) is 11.0 Å². The molecule has 0 bridgehead atoms. The maximum Gasteiger partial charge on any atom is 0.235 e. The van der Waals surface area contributed by atoms with Gasteiger partial charge in [-0.1, -0.05) is 24.6 Å². The van der Waals surface area contributed by atoms with Crippen molar-refractivity contribution in [2.45, 2.75) is 24.7 Å². The van der Waals surface area contributed by atoms with Crippen LogP contribution in [0.2, 0.25) is 0 Å². The molecule has 0 unspecified atom stereocenters. The predicted molar refractivity (Wildman–Crippen MR) is 86.7 cm³/mol. The van der Waals surface area contributed by atoms with Gasteiger partial charge in [-0.2, -0.15) is 0 Å². The van der Waals surface area contributed by atoms with E-state index in [2.05, 4.69) is 15.3 Å². The van der Waals surface area contributed by atoms with E-state index in [1.807, 2.05) is 18.2 Å². The normalized spacial score (nSPS) is 16.0. The molecule has 116 valence electrons. The average Bonchev–Trinajstić information content (AvgIpc) is 2.95. The summed E-state index contributed by atoms with van der Waals surface area (Å²) < 4.78 is 14.2. The molecule has 0 aliphatic heterocycles. The number of nitrogens with zero attached hydrogens (tertiary/aromatic N) is 1. The molecule has 1 saturated carbocycles. The van der Waals surface area contributed by atoms with Gasteiger partial charge < -0.3 is 10.3 Å². The molecule has 4 nitrogen and oxygen atoms in total. The summed E-state index contributed by atoms with van der Waals surface area (Å²) in [5.41, 5.74) is 2.13. The molecule has 3 aromatic rings. The average molecular weight is 309 g/mol. The number of aromatic amines is 1. The molecule has 1 heterocycles. The zero-order chi connectivity index (χ0) is 15.9. The lowest BCUT2D eigenvalue weighted by Crippen LogP contribution is -2.46. The number of fused-ring (bicyclic) bond motifs is 1. The number of imidazole rings is 1. The van der Waals surface area contributed by atoms with Gasteiger partial charge >= 0.3 is 0 Å². The number of halogens is 1. The highest BCUT2D eigenvalue weighted by Gasteiger charge is 2.47. The van der Waals surface area contributed by atoms with Gasteiger partial charge in [0.05, 0.1) is 22.8 Å². The van der Waals surface area contributed by atoms with Crippen LogP contribution in [0, 0.1) is 5.82 Å². The molecule has 5 heteroatoms. The summed E-state index contributed by atoms with van der Waals surface area (Å²) in [7, 11) is 0. The molecular formula is C18H16FN3O. The number of carbonyl (C=O) groups excluding carboxylic acids is 1. The summed E-state index contributed by atoms with van der Waals surface area (Å²) in [5.74, 6) is -0.459. The number of amides is 1. The SMILES string of the molecule is O=C(Nc1ccc2nc[nH]c2c1)C1(c2ccccc2F)CCC1. The van der Waals surface area contributed by atoms with Gasteiger partial charge in [-0.15, -0.1) is 0 Å². The minimum absolute atomic E-state index is 0.146. The van der Waals surface area contributed by atoms with E-state index in [9.17, 15) is 9.18 Å². The number of anilines is 1. The van der Waals surface area contributed by atoms with Gasteiger partial charge in [0, 0.05) is 11.3 Å². The molecule has 1 fully saturated rings. The Morgan fingerprint density at radius 1 is 1.22 bits per heavy atom. The first-order chi connectivity index (χ1) is 11.2. The Morgan fingerprint density at radius 2 is 2.04 bits per heavy atom. The van der Waals surface area contributed by atoms with Gasteiger partial charge in [0.1, 0.15) is 5.82 Å². The van der Waals surface area contributed by atoms with Crippen LogP contribution in [0.4, 0.5) is 10.1 Å². The summed E-state index contributed by atoms with van der Waals surface area (Å²) >= 11 is 0. The van der Waals surface area contributed by atoms with E-state index in [1.54, 1.807) is 24.5 Å². The monoisotopic (exact) mass is 309 g/mol. The molecule has 0 atom stereocenters. The fraction of sp³-hybridized carbons (Fsp3) is 0.222. The van der Waals surface area contributed by atoms with Crippen LogP contribution in [0.3, 0.4) is 0 Å². The standard InChI is InChI=1S/C18H16FN3O/c19-14-5-2-1-4-13(14)18(8-3-9-18)17(23)22-12-6-7-15-16(10-12)21-11-20-15/h1-2,4-7,10-11H,3,8-9H2,(H,20,21)(H,22,23). The highest BCUT2D eigenvalue weighted by atomic mass is 19.1. The van der Waals surface area contributed by atoms with Crippen molar-refractivity contribution in [1.29, 1.82) is 0 Å². The van der Waals surface area contributed by atoms with E-state index in [0.717, 1.165) is 17.5 Å². The molecule has 2 aromatic carbocycles. The second kappa shape index (κ2) is 5.19. The first-order valence-corrected chi connectivity index (χ1v) is 7.69. The molecule has 0 spiro atoms. The van der Waals surface area contributed by atoms with Crippen molar-refractivity contribution in [3.05, 3.63) is 60.2 Å². The molecule has 23 heavy (non-hydrogen) atoms. The maximum absolute atomic E-state index is 14.2. The summed E-state index contributed by atoms with van der Waals surface area (Å²) in [6.45, 7) is 0. The van der Waals surface area contributed by atoms with E-state index >= 15 is 0 Å². The van der Waals surface area contributed by atoms with Crippen molar-refractivity contribution in [1.82, 2.24) is 9.97 Å². The summed E-state index contributed by atoms with van der Waals surface area (Å²) in [5, 5.41) is 2.94. The predicted octanol–water partition coefficient (Wildman–Crippen LogP) is 3.76. The van der Waals surface area contributed by atoms with Crippen molar-refractivity contribution in [2.75, 3.05) is 5.32 Å². The maximum atomic E-state index is 14.2. The molecule has 0 radical (unpaired) electrons. The smallest absolute Gasteiger partial charge is 0.235 e. The largest absolute Gasteiger partial charge is 0.345 e. The van der Waals surface area contributed by atoms with E-state index in [-0.39, 0.29) is 11.7 Å². The molecule has 1 amide bonds. The Kier molecular flexibility index (Phi) is 3.15. The fourth-order valence-electron chi connectivity index (χ4n) is 3.26. The number of hydrogen-bond acceptors (Lipinski definition) is 2. The van der Waals surface area contributed by atoms with Crippen molar-refractivity contribution in [2.24, 2.45) is 0 Å². The second-order valence-electron chi connectivity index (χ2n) is 6.00. The highest BCUT2D eigenvalue weighted by Crippen LogP contribution is 2.45. The summed E-state index contributed by atoms with van der Waals surface area (Å²) in [6.07, 6.45) is 3.89. The Labute approximate surface area is 132 Å². The number of aromatic nitrogens is 2. The van der Waals surface area contributed by atoms with Gasteiger partial charge in [-0.25, -0.2) is 9.37 Å². The van der Waals surface area contributed by atoms with Crippen LogP contribution in [-0.4, -0.2) is 15.9 Å². The van der Waals surface area contributed by atoms with Crippen LogP contribution < -0.4 is 5.32 Å². The topological polar surface area (TPSA) is 57.8 Å². The zero-order valence-corrected chi connectivity index (χ0v) is 12.5. The van der Waals surface area contributed by atoms with Crippen molar-refractivity contribution in [3.8, 4) is 0 Å². The van der Waals surface area contributed by atoms with Gasteiger partial charge in [-0.05, 0) is 37.1 Å². The molecule has 1 aliphatic carbocycles. The fourth-order valence-corrected chi connectivity index (χ4v) is 3.26. The third-order valence-corrected chi connectivity index (χ3v) is 4.71. The van der Waals surface area contributed by atoms with Crippen LogP contribution in [0.15, 0.2) is 48.8 Å². The van der Waals surface area contributed by atoms with Gasteiger partial charge in [0.15, 0.2) is 0 Å². The molecule has 1 aliphatic rings. The quantitative estimate of drug-likeness (QED) is 0.774. The van der Waals surface area contributed by atoms with Crippen molar-refractivity contribution >= 4 is 22.6 Å².